The van der Waals surface area contributed by atoms with Crippen molar-refractivity contribution in [3.8, 4) is 22.5 Å². The van der Waals surface area contributed by atoms with Crippen LogP contribution in [0.15, 0.2) is 76.8 Å². The summed E-state index contributed by atoms with van der Waals surface area (Å²) >= 11 is 1.38. The van der Waals surface area contributed by atoms with Crippen molar-refractivity contribution < 1.29 is 9.32 Å². The lowest BCUT2D eigenvalue weighted by Crippen LogP contribution is -2.12. The molecule has 25 heavy (non-hydrogen) atoms. The Balaban J connectivity index is 1.56. The number of aromatic nitrogens is 2. The van der Waals surface area contributed by atoms with Crippen LogP contribution < -0.4 is 5.32 Å². The fourth-order valence-electron chi connectivity index (χ4n) is 2.44. The normalized spacial score (nSPS) is 10.6. The summed E-state index contributed by atoms with van der Waals surface area (Å²) in [7, 11) is 0. The van der Waals surface area contributed by atoms with E-state index in [-0.39, 0.29) is 5.91 Å². The van der Waals surface area contributed by atoms with Gasteiger partial charge in [-0.1, -0.05) is 65.8 Å². The highest BCUT2D eigenvalue weighted by Gasteiger charge is 2.18. The van der Waals surface area contributed by atoms with Crippen molar-refractivity contribution in [1.29, 1.82) is 0 Å². The van der Waals surface area contributed by atoms with Crippen LogP contribution in [0.25, 0.3) is 22.5 Å². The number of hydrogen-bond acceptors (Lipinski definition) is 5. The standard InChI is InChI=1S/C19H13N3O2S/c23-18(15-11-24-22-17(15)14-9-5-2-6-10-14)21-19-20-16(12-25-19)13-7-3-1-4-8-13/h1-12H,(H,20,21,23). The maximum absolute atomic E-state index is 12.6. The highest BCUT2D eigenvalue weighted by molar-refractivity contribution is 7.14. The molecule has 0 aliphatic rings. The third-order valence-corrected chi connectivity index (χ3v) is 4.41. The van der Waals surface area contributed by atoms with Gasteiger partial charge in [-0.25, -0.2) is 4.98 Å². The second-order valence-electron chi connectivity index (χ2n) is 5.30. The van der Waals surface area contributed by atoms with Gasteiger partial charge in [0.25, 0.3) is 5.91 Å². The summed E-state index contributed by atoms with van der Waals surface area (Å²) in [5.74, 6) is -0.297. The van der Waals surface area contributed by atoms with Gasteiger partial charge in [-0.3, -0.25) is 10.1 Å². The first-order valence-corrected chi connectivity index (χ1v) is 8.51. The van der Waals surface area contributed by atoms with Crippen molar-refractivity contribution in [2.75, 3.05) is 5.32 Å². The van der Waals surface area contributed by atoms with Crippen LogP contribution in [0, 0.1) is 0 Å². The van der Waals surface area contributed by atoms with E-state index in [1.54, 1.807) is 0 Å². The number of carbonyl (C=O) groups excluding carboxylic acids is 1. The van der Waals surface area contributed by atoms with Gasteiger partial charge in [-0.15, -0.1) is 11.3 Å². The second-order valence-corrected chi connectivity index (χ2v) is 6.16. The molecule has 1 N–H and O–H groups in total. The van der Waals surface area contributed by atoms with E-state index in [1.165, 1.54) is 17.6 Å². The molecule has 4 rings (SSSR count). The van der Waals surface area contributed by atoms with Gasteiger partial charge in [0.15, 0.2) is 5.13 Å². The Morgan fingerprint density at radius 2 is 1.64 bits per heavy atom. The van der Waals surface area contributed by atoms with Crippen molar-refractivity contribution in [3.63, 3.8) is 0 Å². The van der Waals surface area contributed by atoms with Gasteiger partial charge in [0.2, 0.25) is 0 Å². The zero-order valence-corrected chi connectivity index (χ0v) is 13.9. The highest BCUT2D eigenvalue weighted by atomic mass is 32.1. The zero-order valence-electron chi connectivity index (χ0n) is 13.0. The van der Waals surface area contributed by atoms with Crippen LogP contribution in [0.3, 0.4) is 0 Å². The molecule has 0 bridgehead atoms. The van der Waals surface area contributed by atoms with Gasteiger partial charge in [0.05, 0.1) is 5.69 Å². The average Bonchev–Trinajstić information content (AvgIpc) is 3.33. The monoisotopic (exact) mass is 347 g/mol. The minimum Gasteiger partial charge on any atom is -0.363 e. The summed E-state index contributed by atoms with van der Waals surface area (Å²) in [6, 6.07) is 19.3. The number of rotatable bonds is 4. The second kappa shape index (κ2) is 6.70. The lowest BCUT2D eigenvalue weighted by molar-refractivity contribution is 0.102. The van der Waals surface area contributed by atoms with Gasteiger partial charge in [-0.2, -0.15) is 0 Å². The van der Waals surface area contributed by atoms with Gasteiger partial charge in [0.1, 0.15) is 17.5 Å². The molecule has 0 saturated heterocycles. The minimum absolute atomic E-state index is 0.297. The molecule has 4 aromatic rings. The molecule has 0 spiro atoms. The maximum atomic E-state index is 12.6. The number of thiazole rings is 1. The fraction of sp³-hybridized carbons (Fsp3) is 0. The Labute approximate surface area is 148 Å². The number of amides is 1. The molecule has 0 atom stereocenters. The summed E-state index contributed by atoms with van der Waals surface area (Å²) in [6.07, 6.45) is 1.35. The molecule has 0 fully saturated rings. The van der Waals surface area contributed by atoms with E-state index in [2.05, 4.69) is 15.5 Å². The topological polar surface area (TPSA) is 68.0 Å². The lowest BCUT2D eigenvalue weighted by atomic mass is 10.1. The largest absolute Gasteiger partial charge is 0.363 e. The van der Waals surface area contributed by atoms with E-state index in [4.69, 9.17) is 4.52 Å². The van der Waals surface area contributed by atoms with Crippen molar-refractivity contribution in [2.24, 2.45) is 0 Å². The highest BCUT2D eigenvalue weighted by Crippen LogP contribution is 2.26. The van der Waals surface area contributed by atoms with Crippen LogP contribution in [0.1, 0.15) is 10.4 Å². The van der Waals surface area contributed by atoms with Crippen molar-refractivity contribution in [1.82, 2.24) is 10.1 Å². The predicted octanol–water partition coefficient (Wildman–Crippen LogP) is 4.72. The SMILES string of the molecule is O=C(Nc1nc(-c2ccccc2)cs1)c1conc1-c1ccccc1. The Bertz CT molecular complexity index is 994. The number of anilines is 1. The molecule has 0 radical (unpaired) electrons. The molecule has 0 aliphatic heterocycles. The van der Waals surface area contributed by atoms with E-state index in [1.807, 2.05) is 66.0 Å². The number of hydrogen-bond donors (Lipinski definition) is 1. The van der Waals surface area contributed by atoms with Crippen molar-refractivity contribution in [3.05, 3.63) is 77.9 Å². The van der Waals surface area contributed by atoms with Crippen LogP contribution in [0.5, 0.6) is 0 Å². The first-order chi connectivity index (χ1) is 12.3. The van der Waals surface area contributed by atoms with Crippen LogP contribution >= 0.6 is 11.3 Å². The Hall–Kier alpha value is -3.25. The van der Waals surface area contributed by atoms with E-state index < -0.39 is 0 Å². The molecule has 6 heteroatoms. The number of carbonyl (C=O) groups is 1. The Morgan fingerprint density at radius 1 is 0.960 bits per heavy atom. The molecule has 2 aromatic heterocycles. The molecule has 0 saturated carbocycles. The smallest absolute Gasteiger partial charge is 0.263 e. The van der Waals surface area contributed by atoms with Crippen LogP contribution in [0.4, 0.5) is 5.13 Å². The van der Waals surface area contributed by atoms with E-state index >= 15 is 0 Å². The van der Waals surface area contributed by atoms with Gasteiger partial charge in [0, 0.05) is 16.5 Å². The summed E-state index contributed by atoms with van der Waals surface area (Å²) < 4.78 is 5.01. The fourth-order valence-corrected chi connectivity index (χ4v) is 3.15. The van der Waals surface area contributed by atoms with E-state index in [0.717, 1.165) is 16.8 Å². The number of nitrogens with one attached hydrogen (secondary N) is 1. The lowest BCUT2D eigenvalue weighted by Gasteiger charge is -2.01. The quantitative estimate of drug-likeness (QED) is 0.580. The summed E-state index contributed by atoms with van der Waals surface area (Å²) in [5, 5.41) is 9.21. The third kappa shape index (κ3) is 3.20. The molecule has 2 heterocycles. The number of benzene rings is 2. The maximum Gasteiger partial charge on any atom is 0.263 e. The van der Waals surface area contributed by atoms with Crippen LogP contribution in [-0.4, -0.2) is 16.0 Å². The van der Waals surface area contributed by atoms with Gasteiger partial charge >= 0.3 is 0 Å². The Kier molecular flexibility index (Phi) is 4.10. The Morgan fingerprint density at radius 3 is 2.36 bits per heavy atom. The molecule has 5 nitrogen and oxygen atoms in total. The van der Waals surface area contributed by atoms with Gasteiger partial charge < -0.3 is 4.52 Å². The van der Waals surface area contributed by atoms with E-state index in [9.17, 15) is 4.79 Å². The molecular formula is C19H13N3O2S. The summed E-state index contributed by atoms with van der Waals surface area (Å²) in [6.45, 7) is 0. The first-order valence-electron chi connectivity index (χ1n) is 7.63. The molecule has 122 valence electrons. The zero-order chi connectivity index (χ0) is 17.1. The molecule has 0 unspecified atom stereocenters. The minimum atomic E-state index is -0.297. The molecule has 2 aromatic carbocycles. The van der Waals surface area contributed by atoms with Crippen LogP contribution in [0.2, 0.25) is 0 Å². The van der Waals surface area contributed by atoms with Gasteiger partial charge in [-0.05, 0) is 0 Å². The summed E-state index contributed by atoms with van der Waals surface area (Å²) in [5.41, 5.74) is 3.55. The predicted molar refractivity (Wildman–Crippen MR) is 97.4 cm³/mol. The number of nitrogens with zero attached hydrogens (tertiary/aromatic N) is 2. The third-order valence-electron chi connectivity index (χ3n) is 3.66. The molecular weight excluding hydrogens is 334 g/mol. The van der Waals surface area contributed by atoms with Crippen LogP contribution in [-0.2, 0) is 0 Å². The average molecular weight is 347 g/mol. The van der Waals surface area contributed by atoms with Crippen molar-refractivity contribution >= 4 is 22.4 Å². The summed E-state index contributed by atoms with van der Waals surface area (Å²) in [4.78, 5) is 17.0. The molecule has 0 aliphatic carbocycles. The van der Waals surface area contributed by atoms with E-state index in [0.29, 0.717) is 16.4 Å². The first kappa shape index (κ1) is 15.3. The molecule has 1 amide bonds. The van der Waals surface area contributed by atoms with Crippen molar-refractivity contribution in [2.45, 2.75) is 0 Å².